The Morgan fingerprint density at radius 2 is 2.00 bits per heavy atom. The highest BCUT2D eigenvalue weighted by Crippen LogP contribution is 2.22. The van der Waals surface area contributed by atoms with E-state index < -0.39 is 8.07 Å². The number of benzene rings is 1. The zero-order valence-corrected chi connectivity index (χ0v) is 16.3. The second-order valence-electron chi connectivity index (χ2n) is 7.75. The van der Waals surface area contributed by atoms with Gasteiger partial charge in [0.2, 0.25) is 0 Å². The summed E-state index contributed by atoms with van der Waals surface area (Å²) in [6.45, 7) is 9.06. The fraction of sp³-hybridized carbons (Fsp3) is 0.444. The monoisotopic (exact) mass is 341 g/mol. The zero-order chi connectivity index (χ0) is 17.3. The van der Waals surface area contributed by atoms with Gasteiger partial charge in [-0.1, -0.05) is 25.7 Å². The van der Waals surface area contributed by atoms with Crippen LogP contribution in [0.15, 0.2) is 30.9 Å². The Labute approximate surface area is 144 Å². The van der Waals surface area contributed by atoms with Gasteiger partial charge in [0.1, 0.15) is 12.7 Å². The first-order valence-corrected chi connectivity index (χ1v) is 12.0. The largest absolute Gasteiger partial charge is 0.362 e. The fourth-order valence-corrected chi connectivity index (χ4v) is 4.80. The smallest absolute Gasteiger partial charge is 0.137 e. The summed E-state index contributed by atoms with van der Waals surface area (Å²) < 4.78 is 1.87. The predicted octanol–water partition coefficient (Wildman–Crippen LogP) is 2.46. The van der Waals surface area contributed by atoms with Crippen molar-refractivity contribution in [2.45, 2.75) is 32.6 Å². The van der Waals surface area contributed by atoms with Crippen molar-refractivity contribution >= 4 is 24.3 Å². The molecular formula is C18H27N5Si. The molecule has 0 fully saturated rings. The van der Waals surface area contributed by atoms with E-state index in [9.17, 15) is 0 Å². The number of hydrogen-bond donors (Lipinski definition) is 1. The molecule has 2 aromatic heterocycles. The van der Waals surface area contributed by atoms with E-state index in [4.69, 9.17) is 0 Å². The van der Waals surface area contributed by atoms with Crippen molar-refractivity contribution in [2.24, 2.45) is 0 Å². The third-order valence-corrected chi connectivity index (χ3v) is 6.27. The molecule has 0 saturated carbocycles. The quantitative estimate of drug-likeness (QED) is 0.701. The number of nitrogens with zero attached hydrogens (tertiary/aromatic N) is 4. The van der Waals surface area contributed by atoms with E-state index in [1.165, 1.54) is 27.3 Å². The van der Waals surface area contributed by atoms with Crippen LogP contribution in [-0.4, -0.2) is 53.4 Å². The van der Waals surface area contributed by atoms with Crippen LogP contribution in [0.25, 0.3) is 10.9 Å². The van der Waals surface area contributed by atoms with Gasteiger partial charge in [0.05, 0.1) is 14.6 Å². The molecule has 0 spiro atoms. The van der Waals surface area contributed by atoms with Gasteiger partial charge < -0.3 is 9.88 Å². The number of hydrogen-bond acceptors (Lipinski definition) is 3. The van der Waals surface area contributed by atoms with Gasteiger partial charge in [-0.2, -0.15) is 5.10 Å². The van der Waals surface area contributed by atoms with E-state index in [1.807, 2.05) is 4.68 Å². The minimum Gasteiger partial charge on any atom is -0.362 e. The fourth-order valence-electron chi connectivity index (χ4n) is 3.13. The molecule has 0 saturated heterocycles. The van der Waals surface area contributed by atoms with Crippen molar-refractivity contribution in [3.8, 4) is 0 Å². The lowest BCUT2D eigenvalue weighted by atomic mass is 10.1. The Morgan fingerprint density at radius 3 is 2.62 bits per heavy atom. The minimum atomic E-state index is -1.42. The number of H-pyrrole nitrogens is 1. The average molecular weight is 342 g/mol. The Hall–Kier alpha value is -1.92. The molecule has 3 rings (SSSR count). The van der Waals surface area contributed by atoms with Gasteiger partial charge in [-0.15, -0.1) is 0 Å². The highest BCUT2D eigenvalue weighted by atomic mass is 28.3. The van der Waals surface area contributed by atoms with Crippen molar-refractivity contribution in [2.75, 3.05) is 20.6 Å². The van der Waals surface area contributed by atoms with Crippen molar-refractivity contribution < 1.29 is 0 Å². The Balaban J connectivity index is 2.03. The topological polar surface area (TPSA) is 49.7 Å². The molecule has 3 aromatic rings. The number of rotatable bonds is 6. The van der Waals surface area contributed by atoms with Crippen LogP contribution in [0.3, 0.4) is 0 Å². The van der Waals surface area contributed by atoms with Crippen molar-refractivity contribution in [3.05, 3.63) is 42.0 Å². The maximum atomic E-state index is 4.22. The summed E-state index contributed by atoms with van der Waals surface area (Å²) in [5.74, 6) is 0. The van der Waals surface area contributed by atoms with Gasteiger partial charge in [-0.05, 0) is 43.8 Å². The van der Waals surface area contributed by atoms with Crippen LogP contribution in [0, 0.1) is 0 Å². The van der Waals surface area contributed by atoms with Crippen LogP contribution in [0.4, 0.5) is 0 Å². The molecule has 5 nitrogen and oxygen atoms in total. The Kier molecular flexibility index (Phi) is 4.60. The number of aromatic nitrogens is 4. The third kappa shape index (κ3) is 3.60. The second kappa shape index (κ2) is 6.53. The van der Waals surface area contributed by atoms with Crippen molar-refractivity contribution in [1.29, 1.82) is 0 Å². The van der Waals surface area contributed by atoms with Crippen LogP contribution in [0.5, 0.6) is 0 Å². The summed E-state index contributed by atoms with van der Waals surface area (Å²) >= 11 is 0. The molecule has 1 N–H and O–H groups in total. The maximum Gasteiger partial charge on any atom is 0.137 e. The second-order valence-corrected chi connectivity index (χ2v) is 12.8. The van der Waals surface area contributed by atoms with Gasteiger partial charge in [-0.3, -0.25) is 0 Å². The van der Waals surface area contributed by atoms with E-state index in [2.05, 4.69) is 71.9 Å². The lowest BCUT2D eigenvalue weighted by Crippen LogP contribution is -2.41. The van der Waals surface area contributed by atoms with Crippen LogP contribution < -0.4 is 5.32 Å². The van der Waals surface area contributed by atoms with Crippen LogP contribution in [-0.2, 0) is 13.0 Å². The molecule has 0 radical (unpaired) electrons. The zero-order valence-electron chi connectivity index (χ0n) is 15.3. The maximum absolute atomic E-state index is 4.22. The number of nitrogens with one attached hydrogen (secondary N) is 1. The Bertz CT molecular complexity index is 812. The highest BCUT2D eigenvalue weighted by Gasteiger charge is 2.24. The van der Waals surface area contributed by atoms with Gasteiger partial charge in [0.25, 0.3) is 0 Å². The molecule has 0 bridgehead atoms. The normalized spacial score (nSPS) is 12.4. The Morgan fingerprint density at radius 1 is 1.21 bits per heavy atom. The van der Waals surface area contributed by atoms with Crippen molar-refractivity contribution in [1.82, 2.24) is 24.6 Å². The molecule has 128 valence electrons. The summed E-state index contributed by atoms with van der Waals surface area (Å²) in [6, 6.07) is 6.72. The number of aromatic amines is 1. The van der Waals surface area contributed by atoms with E-state index in [1.54, 1.807) is 12.7 Å². The summed E-state index contributed by atoms with van der Waals surface area (Å²) in [5.41, 5.74) is 4.02. The molecule has 0 aliphatic heterocycles. The highest BCUT2D eigenvalue weighted by molar-refractivity contribution is 6.88. The van der Waals surface area contributed by atoms with E-state index in [-0.39, 0.29) is 0 Å². The lowest BCUT2D eigenvalue weighted by Gasteiger charge is -2.18. The standard InChI is InChI=1S/C18H27N5Si/c1-22(2)9-8-15-16-10-14(11-23-13-19-12-20-23)6-7-17(16)21-18(15)24(3,4)5/h6-7,10,12-13,21H,8-9,11H2,1-5H3. The molecule has 24 heavy (non-hydrogen) atoms. The van der Waals surface area contributed by atoms with Gasteiger partial charge in [-0.25, -0.2) is 9.67 Å². The summed E-state index contributed by atoms with van der Waals surface area (Å²) in [6.07, 6.45) is 4.43. The van der Waals surface area contributed by atoms with E-state index in [0.29, 0.717) is 0 Å². The van der Waals surface area contributed by atoms with E-state index in [0.717, 1.165) is 19.5 Å². The van der Waals surface area contributed by atoms with Crippen molar-refractivity contribution in [3.63, 3.8) is 0 Å². The molecular weight excluding hydrogens is 314 g/mol. The summed E-state index contributed by atoms with van der Waals surface area (Å²) in [5, 5.41) is 7.07. The molecule has 0 atom stereocenters. The minimum absolute atomic E-state index is 0.760. The number of fused-ring (bicyclic) bond motifs is 1. The van der Waals surface area contributed by atoms with Gasteiger partial charge in [0, 0.05) is 22.8 Å². The molecule has 0 unspecified atom stereocenters. The third-order valence-electron chi connectivity index (χ3n) is 4.34. The lowest BCUT2D eigenvalue weighted by molar-refractivity contribution is 0.414. The first-order valence-electron chi connectivity index (χ1n) is 8.45. The first-order chi connectivity index (χ1) is 11.3. The molecule has 0 aliphatic rings. The molecule has 1 aromatic carbocycles. The first kappa shape index (κ1) is 16.9. The molecule has 2 heterocycles. The molecule has 0 aliphatic carbocycles. The molecule has 6 heteroatoms. The van der Waals surface area contributed by atoms with Crippen LogP contribution in [0.1, 0.15) is 11.1 Å². The van der Waals surface area contributed by atoms with Gasteiger partial charge >= 0.3 is 0 Å². The van der Waals surface area contributed by atoms with E-state index >= 15 is 0 Å². The number of likely N-dealkylation sites (N-methyl/N-ethyl adjacent to an activating group) is 1. The SMILES string of the molecule is CN(C)CCc1c([Si](C)(C)C)[nH]c2ccc(Cn3cncn3)cc12. The average Bonchev–Trinajstić information content (AvgIpc) is 3.11. The molecule has 0 amide bonds. The summed E-state index contributed by atoms with van der Waals surface area (Å²) in [7, 11) is 2.86. The van der Waals surface area contributed by atoms with Gasteiger partial charge in [0.15, 0.2) is 0 Å². The predicted molar refractivity (Wildman–Crippen MR) is 103 cm³/mol. The van der Waals surface area contributed by atoms with Crippen LogP contribution >= 0.6 is 0 Å². The van der Waals surface area contributed by atoms with Crippen LogP contribution in [0.2, 0.25) is 19.6 Å². The summed E-state index contributed by atoms with van der Waals surface area (Å²) in [4.78, 5) is 10.0.